The lowest BCUT2D eigenvalue weighted by atomic mass is 10.3. The standard InChI is InChI=1S/C13H10N4/c1-16-11-7-4-8-14-12(11)17-10-6-3-2-5-9(10)15-13(16)17/h2-8H,1H3. The second kappa shape index (κ2) is 2.85. The van der Waals surface area contributed by atoms with Gasteiger partial charge in [0.15, 0.2) is 5.65 Å². The molecule has 0 amide bonds. The van der Waals surface area contributed by atoms with Crippen LogP contribution >= 0.6 is 0 Å². The van der Waals surface area contributed by atoms with Gasteiger partial charge in [-0.2, -0.15) is 0 Å². The van der Waals surface area contributed by atoms with Crippen LogP contribution in [0.3, 0.4) is 0 Å². The molecule has 0 atom stereocenters. The number of aromatic nitrogens is 4. The van der Waals surface area contributed by atoms with Crippen LogP contribution in [0.5, 0.6) is 0 Å². The minimum absolute atomic E-state index is 0.930. The Kier molecular flexibility index (Phi) is 1.47. The molecule has 0 bridgehead atoms. The Morgan fingerprint density at radius 3 is 2.76 bits per heavy atom. The number of nitrogens with zero attached hydrogens (tertiary/aromatic N) is 4. The van der Waals surface area contributed by atoms with Gasteiger partial charge in [-0.3, -0.25) is 4.40 Å². The molecule has 0 unspecified atom stereocenters. The van der Waals surface area contributed by atoms with Gasteiger partial charge >= 0.3 is 0 Å². The summed E-state index contributed by atoms with van der Waals surface area (Å²) in [6.07, 6.45) is 1.82. The van der Waals surface area contributed by atoms with E-state index in [1.54, 1.807) is 0 Å². The Morgan fingerprint density at radius 1 is 1.00 bits per heavy atom. The van der Waals surface area contributed by atoms with Gasteiger partial charge in [-0.15, -0.1) is 0 Å². The molecular weight excluding hydrogens is 212 g/mol. The zero-order chi connectivity index (χ0) is 11.4. The molecule has 4 aromatic rings. The van der Waals surface area contributed by atoms with Crippen LogP contribution in [0, 0.1) is 0 Å². The summed E-state index contributed by atoms with van der Waals surface area (Å²) in [7, 11) is 2.02. The number of hydrogen-bond donors (Lipinski definition) is 0. The Hall–Kier alpha value is -2.36. The predicted octanol–water partition coefficient (Wildman–Crippen LogP) is 2.37. The molecule has 4 nitrogen and oxygen atoms in total. The van der Waals surface area contributed by atoms with Crippen molar-refractivity contribution in [3.8, 4) is 0 Å². The van der Waals surface area contributed by atoms with Crippen LogP contribution in [-0.2, 0) is 7.05 Å². The molecule has 0 fully saturated rings. The van der Waals surface area contributed by atoms with Crippen molar-refractivity contribution >= 4 is 28.0 Å². The highest BCUT2D eigenvalue weighted by atomic mass is 15.2. The maximum Gasteiger partial charge on any atom is 0.216 e. The van der Waals surface area contributed by atoms with E-state index >= 15 is 0 Å². The van der Waals surface area contributed by atoms with Crippen molar-refractivity contribution in [1.82, 2.24) is 18.9 Å². The number of hydrogen-bond acceptors (Lipinski definition) is 2. The van der Waals surface area contributed by atoms with Gasteiger partial charge in [0, 0.05) is 13.2 Å². The lowest BCUT2D eigenvalue weighted by Crippen LogP contribution is -1.87. The molecule has 82 valence electrons. The second-order valence-electron chi connectivity index (χ2n) is 4.14. The quantitative estimate of drug-likeness (QED) is 0.458. The van der Waals surface area contributed by atoms with Crippen molar-refractivity contribution in [3.63, 3.8) is 0 Å². The first-order valence-electron chi connectivity index (χ1n) is 5.53. The molecule has 3 heterocycles. The van der Waals surface area contributed by atoms with Crippen LogP contribution in [0.25, 0.3) is 28.0 Å². The first kappa shape index (κ1) is 8.75. The van der Waals surface area contributed by atoms with Crippen LogP contribution in [0.15, 0.2) is 42.6 Å². The fourth-order valence-electron chi connectivity index (χ4n) is 2.38. The van der Waals surface area contributed by atoms with E-state index in [2.05, 4.69) is 31.1 Å². The number of aryl methyl sites for hydroxylation is 1. The first-order chi connectivity index (χ1) is 8.36. The molecule has 0 aliphatic rings. The molecule has 0 saturated heterocycles. The van der Waals surface area contributed by atoms with E-state index in [9.17, 15) is 0 Å². The Labute approximate surface area is 97.1 Å². The SMILES string of the molecule is Cn1c2cccnc2n2c3ccccc3nc12. The third-order valence-corrected chi connectivity index (χ3v) is 3.18. The molecule has 0 radical (unpaired) electrons. The van der Waals surface area contributed by atoms with Crippen molar-refractivity contribution < 1.29 is 0 Å². The summed E-state index contributed by atoms with van der Waals surface area (Å²) in [6, 6.07) is 12.1. The minimum Gasteiger partial charge on any atom is -0.311 e. The molecule has 0 saturated carbocycles. The molecule has 4 heteroatoms. The summed E-state index contributed by atoms with van der Waals surface area (Å²) in [6.45, 7) is 0. The zero-order valence-corrected chi connectivity index (χ0v) is 9.33. The number of imidazole rings is 2. The Bertz CT molecular complexity index is 854. The van der Waals surface area contributed by atoms with Gasteiger partial charge in [-0.05, 0) is 24.3 Å². The van der Waals surface area contributed by atoms with Crippen LogP contribution < -0.4 is 0 Å². The van der Waals surface area contributed by atoms with E-state index in [0.29, 0.717) is 0 Å². The van der Waals surface area contributed by atoms with Crippen molar-refractivity contribution in [1.29, 1.82) is 0 Å². The monoisotopic (exact) mass is 222 g/mol. The van der Waals surface area contributed by atoms with Crippen LogP contribution in [0.2, 0.25) is 0 Å². The highest BCUT2D eigenvalue weighted by Crippen LogP contribution is 2.23. The van der Waals surface area contributed by atoms with Gasteiger partial charge in [0.25, 0.3) is 0 Å². The summed E-state index contributed by atoms with van der Waals surface area (Å²) in [5.41, 5.74) is 4.16. The maximum absolute atomic E-state index is 4.64. The Balaban J connectivity index is 2.41. The molecule has 0 aliphatic carbocycles. The predicted molar refractivity (Wildman–Crippen MR) is 67.0 cm³/mol. The average Bonchev–Trinajstić information content (AvgIpc) is 2.88. The van der Waals surface area contributed by atoms with Gasteiger partial charge in [0.05, 0.1) is 16.6 Å². The number of rotatable bonds is 0. The van der Waals surface area contributed by atoms with E-state index < -0.39 is 0 Å². The molecular formula is C13H10N4. The van der Waals surface area contributed by atoms with Crippen LogP contribution in [0.1, 0.15) is 0 Å². The molecule has 3 aromatic heterocycles. The van der Waals surface area contributed by atoms with Crippen LogP contribution in [-0.4, -0.2) is 18.9 Å². The van der Waals surface area contributed by atoms with Crippen molar-refractivity contribution in [2.45, 2.75) is 0 Å². The van der Waals surface area contributed by atoms with Gasteiger partial charge in [-0.1, -0.05) is 12.1 Å². The van der Waals surface area contributed by atoms with E-state index in [1.807, 2.05) is 37.5 Å². The third kappa shape index (κ3) is 0.970. The minimum atomic E-state index is 0.930. The van der Waals surface area contributed by atoms with Crippen LogP contribution in [0.4, 0.5) is 0 Å². The second-order valence-corrected chi connectivity index (χ2v) is 4.14. The van der Waals surface area contributed by atoms with Gasteiger partial charge in [0.2, 0.25) is 5.78 Å². The summed E-state index contributed by atoms with van der Waals surface area (Å²) < 4.78 is 4.17. The maximum atomic E-state index is 4.64. The van der Waals surface area contributed by atoms with Crippen molar-refractivity contribution in [3.05, 3.63) is 42.6 Å². The molecule has 17 heavy (non-hydrogen) atoms. The third-order valence-electron chi connectivity index (χ3n) is 3.18. The first-order valence-corrected chi connectivity index (χ1v) is 5.53. The topological polar surface area (TPSA) is 35.1 Å². The highest BCUT2D eigenvalue weighted by molar-refractivity contribution is 5.88. The van der Waals surface area contributed by atoms with E-state index in [1.165, 1.54) is 0 Å². The van der Waals surface area contributed by atoms with Gasteiger partial charge < -0.3 is 4.57 Å². The fourth-order valence-corrected chi connectivity index (χ4v) is 2.38. The summed E-state index contributed by atoms with van der Waals surface area (Å²) in [5, 5.41) is 0. The number of fused-ring (bicyclic) bond motifs is 5. The molecule has 0 aliphatic heterocycles. The van der Waals surface area contributed by atoms with Crippen molar-refractivity contribution in [2.24, 2.45) is 7.05 Å². The normalized spacial score (nSPS) is 11.8. The summed E-state index contributed by atoms with van der Waals surface area (Å²) in [4.78, 5) is 9.09. The van der Waals surface area contributed by atoms with Gasteiger partial charge in [0.1, 0.15) is 0 Å². The fraction of sp³-hybridized carbons (Fsp3) is 0.0769. The van der Waals surface area contributed by atoms with E-state index in [0.717, 1.165) is 28.0 Å². The highest BCUT2D eigenvalue weighted by Gasteiger charge is 2.13. The van der Waals surface area contributed by atoms with E-state index in [4.69, 9.17) is 0 Å². The largest absolute Gasteiger partial charge is 0.311 e. The molecule has 0 N–H and O–H groups in total. The lowest BCUT2D eigenvalue weighted by molar-refractivity contribution is 0.973. The number of pyridine rings is 1. The lowest BCUT2D eigenvalue weighted by Gasteiger charge is -1.93. The molecule has 4 rings (SSSR count). The number of para-hydroxylation sites is 2. The summed E-state index contributed by atoms with van der Waals surface area (Å²) >= 11 is 0. The van der Waals surface area contributed by atoms with Crippen molar-refractivity contribution in [2.75, 3.05) is 0 Å². The Morgan fingerprint density at radius 2 is 1.82 bits per heavy atom. The molecule has 1 aromatic carbocycles. The van der Waals surface area contributed by atoms with E-state index in [-0.39, 0.29) is 0 Å². The summed E-state index contributed by atoms with van der Waals surface area (Å²) in [5.74, 6) is 0.930. The average molecular weight is 222 g/mol. The molecule has 0 spiro atoms. The smallest absolute Gasteiger partial charge is 0.216 e. The zero-order valence-electron chi connectivity index (χ0n) is 9.33. The number of benzene rings is 1. The van der Waals surface area contributed by atoms with Gasteiger partial charge in [-0.25, -0.2) is 9.97 Å².